The smallest absolute Gasteiger partial charge is 0.222 e. The van der Waals surface area contributed by atoms with Gasteiger partial charge in [-0.05, 0) is 58.7 Å². The molecule has 1 N–H and O–H groups in total. The van der Waals surface area contributed by atoms with E-state index in [2.05, 4.69) is 30.3 Å². The lowest BCUT2D eigenvalue weighted by atomic mass is 10.0. The zero-order chi connectivity index (χ0) is 20.6. The number of ether oxygens (including phenoxy) is 1. The molecule has 0 saturated heterocycles. The van der Waals surface area contributed by atoms with Crippen molar-refractivity contribution in [1.29, 1.82) is 0 Å². The molecule has 6 nitrogen and oxygen atoms in total. The van der Waals surface area contributed by atoms with Crippen LogP contribution in [0.2, 0.25) is 0 Å². The lowest BCUT2D eigenvalue weighted by Crippen LogP contribution is -2.26. The van der Waals surface area contributed by atoms with Gasteiger partial charge in [0.1, 0.15) is 11.4 Å². The number of carbonyl (C=O) groups excluding carboxylic acids is 2. The van der Waals surface area contributed by atoms with Crippen LogP contribution in [0.4, 0.5) is 0 Å². The molecule has 150 valence electrons. The van der Waals surface area contributed by atoms with Gasteiger partial charge in [0.2, 0.25) is 5.91 Å². The predicted molar refractivity (Wildman–Crippen MR) is 108 cm³/mol. The molecule has 1 amide bonds. The molecular formula is C22H29N3O3. The van der Waals surface area contributed by atoms with E-state index in [0.717, 1.165) is 23.4 Å². The normalized spacial score (nSPS) is 15.6. The second-order valence-corrected chi connectivity index (χ2v) is 8.36. The van der Waals surface area contributed by atoms with Crippen LogP contribution in [0, 0.1) is 13.8 Å². The SMILES string of the molecule is CC(=O)c1c(C)nn([C@@H](C)CC(=O)NCc2ccc3c(c2)CC(C)(C)O3)c1C. The van der Waals surface area contributed by atoms with Crippen LogP contribution in [-0.4, -0.2) is 27.1 Å². The molecule has 1 atom stereocenters. The highest BCUT2D eigenvalue weighted by molar-refractivity contribution is 5.96. The Kier molecular flexibility index (Phi) is 5.33. The van der Waals surface area contributed by atoms with Crippen LogP contribution in [0.5, 0.6) is 5.75 Å². The van der Waals surface area contributed by atoms with Gasteiger partial charge in [-0.2, -0.15) is 5.10 Å². The maximum Gasteiger partial charge on any atom is 0.222 e. The van der Waals surface area contributed by atoms with E-state index >= 15 is 0 Å². The Labute approximate surface area is 166 Å². The van der Waals surface area contributed by atoms with Gasteiger partial charge in [-0.15, -0.1) is 0 Å². The minimum absolute atomic E-state index is 0.00154. The highest BCUT2D eigenvalue weighted by Crippen LogP contribution is 2.35. The van der Waals surface area contributed by atoms with Gasteiger partial charge in [-0.25, -0.2) is 0 Å². The molecule has 0 aliphatic carbocycles. The molecule has 1 aliphatic rings. The number of carbonyl (C=O) groups is 2. The van der Waals surface area contributed by atoms with Crippen molar-refractivity contribution < 1.29 is 14.3 Å². The highest BCUT2D eigenvalue weighted by atomic mass is 16.5. The van der Waals surface area contributed by atoms with Crippen molar-refractivity contribution in [1.82, 2.24) is 15.1 Å². The first-order chi connectivity index (χ1) is 13.1. The number of aryl methyl sites for hydroxylation is 1. The number of nitrogens with one attached hydrogen (secondary N) is 1. The molecule has 3 rings (SSSR count). The number of aromatic nitrogens is 2. The molecule has 0 bridgehead atoms. The fourth-order valence-corrected chi connectivity index (χ4v) is 4.00. The van der Waals surface area contributed by atoms with Gasteiger partial charge in [-0.1, -0.05) is 12.1 Å². The summed E-state index contributed by atoms with van der Waals surface area (Å²) in [7, 11) is 0. The van der Waals surface area contributed by atoms with E-state index in [1.807, 2.05) is 32.9 Å². The first kappa shape index (κ1) is 20.1. The van der Waals surface area contributed by atoms with Crippen molar-refractivity contribution in [2.45, 2.75) is 72.6 Å². The van der Waals surface area contributed by atoms with E-state index in [0.29, 0.717) is 24.2 Å². The van der Waals surface area contributed by atoms with Gasteiger partial charge in [-0.3, -0.25) is 14.3 Å². The number of hydrogen-bond acceptors (Lipinski definition) is 4. The van der Waals surface area contributed by atoms with E-state index in [-0.39, 0.29) is 23.3 Å². The predicted octanol–water partition coefficient (Wildman–Crippen LogP) is 3.68. The van der Waals surface area contributed by atoms with Gasteiger partial charge in [0, 0.05) is 25.1 Å². The Bertz CT molecular complexity index is 927. The maximum absolute atomic E-state index is 12.4. The van der Waals surface area contributed by atoms with Crippen LogP contribution in [-0.2, 0) is 17.8 Å². The molecule has 1 aromatic carbocycles. The molecule has 1 aliphatic heterocycles. The Morgan fingerprint density at radius 2 is 2.04 bits per heavy atom. The molecule has 0 fully saturated rings. The van der Waals surface area contributed by atoms with Crippen LogP contribution in [0.25, 0.3) is 0 Å². The van der Waals surface area contributed by atoms with E-state index in [1.165, 1.54) is 5.56 Å². The summed E-state index contributed by atoms with van der Waals surface area (Å²) in [4.78, 5) is 24.2. The summed E-state index contributed by atoms with van der Waals surface area (Å²) in [5, 5.41) is 7.44. The fourth-order valence-electron chi connectivity index (χ4n) is 4.00. The first-order valence-corrected chi connectivity index (χ1v) is 9.71. The molecule has 0 saturated carbocycles. The third-order valence-electron chi connectivity index (χ3n) is 5.19. The van der Waals surface area contributed by atoms with Gasteiger partial charge in [0.25, 0.3) is 0 Å². The summed E-state index contributed by atoms with van der Waals surface area (Å²) in [6.07, 6.45) is 1.18. The Morgan fingerprint density at radius 1 is 1.32 bits per heavy atom. The van der Waals surface area contributed by atoms with Crippen molar-refractivity contribution in [2.24, 2.45) is 0 Å². The zero-order valence-corrected chi connectivity index (χ0v) is 17.5. The van der Waals surface area contributed by atoms with E-state index in [4.69, 9.17) is 4.74 Å². The largest absolute Gasteiger partial charge is 0.487 e. The second kappa shape index (κ2) is 7.41. The number of nitrogens with zero attached hydrogens (tertiary/aromatic N) is 2. The van der Waals surface area contributed by atoms with Crippen molar-refractivity contribution in [3.05, 3.63) is 46.3 Å². The lowest BCUT2D eigenvalue weighted by molar-refractivity contribution is -0.122. The maximum atomic E-state index is 12.4. The summed E-state index contributed by atoms with van der Waals surface area (Å²) in [6.45, 7) is 11.8. The molecule has 0 spiro atoms. The van der Waals surface area contributed by atoms with Crippen LogP contribution < -0.4 is 10.1 Å². The lowest BCUT2D eigenvalue weighted by Gasteiger charge is -2.16. The monoisotopic (exact) mass is 383 g/mol. The van der Waals surface area contributed by atoms with E-state index in [1.54, 1.807) is 11.6 Å². The van der Waals surface area contributed by atoms with Crippen molar-refractivity contribution in [3.63, 3.8) is 0 Å². The minimum Gasteiger partial charge on any atom is -0.487 e. The molecule has 28 heavy (non-hydrogen) atoms. The van der Waals surface area contributed by atoms with Crippen LogP contribution in [0.1, 0.15) is 73.0 Å². The van der Waals surface area contributed by atoms with Crippen LogP contribution >= 0.6 is 0 Å². The number of Topliss-reactive ketones (excluding diaryl/α,β-unsaturated/α-hetero) is 1. The summed E-state index contributed by atoms with van der Waals surface area (Å²) in [6, 6.07) is 5.95. The number of benzene rings is 1. The van der Waals surface area contributed by atoms with Crippen LogP contribution in [0.15, 0.2) is 18.2 Å². The van der Waals surface area contributed by atoms with E-state index in [9.17, 15) is 9.59 Å². The molecular weight excluding hydrogens is 354 g/mol. The van der Waals surface area contributed by atoms with Gasteiger partial charge >= 0.3 is 0 Å². The quantitative estimate of drug-likeness (QED) is 0.772. The number of fused-ring (bicyclic) bond motifs is 1. The summed E-state index contributed by atoms with van der Waals surface area (Å²) >= 11 is 0. The van der Waals surface area contributed by atoms with Gasteiger partial charge in [0.05, 0.1) is 17.3 Å². The molecule has 2 heterocycles. The fraction of sp³-hybridized carbons (Fsp3) is 0.500. The van der Waals surface area contributed by atoms with Crippen molar-refractivity contribution >= 4 is 11.7 Å². The molecule has 1 aromatic heterocycles. The average Bonchev–Trinajstić information content (AvgIpc) is 3.06. The molecule has 6 heteroatoms. The van der Waals surface area contributed by atoms with Gasteiger partial charge in [0.15, 0.2) is 5.78 Å². The van der Waals surface area contributed by atoms with Crippen molar-refractivity contribution in [3.8, 4) is 5.75 Å². The second-order valence-electron chi connectivity index (χ2n) is 8.36. The highest BCUT2D eigenvalue weighted by Gasteiger charge is 2.29. The Morgan fingerprint density at radius 3 is 2.68 bits per heavy atom. The molecule has 0 unspecified atom stereocenters. The standard InChI is InChI=1S/C22H29N3O3/c1-13(25-15(3)21(16(4)26)14(2)24-25)9-20(27)23-12-17-7-8-19-18(10-17)11-22(5,6)28-19/h7-8,10,13H,9,11-12H2,1-6H3,(H,23,27)/t13-/m0/s1. The Hall–Kier alpha value is -2.63. The third kappa shape index (κ3) is 4.11. The zero-order valence-electron chi connectivity index (χ0n) is 17.5. The molecule has 0 radical (unpaired) electrons. The third-order valence-corrected chi connectivity index (χ3v) is 5.19. The first-order valence-electron chi connectivity index (χ1n) is 9.71. The summed E-state index contributed by atoms with van der Waals surface area (Å²) in [5.41, 5.74) is 4.25. The van der Waals surface area contributed by atoms with Crippen LogP contribution in [0.3, 0.4) is 0 Å². The number of ketones is 1. The van der Waals surface area contributed by atoms with Gasteiger partial charge < -0.3 is 10.1 Å². The molecule has 2 aromatic rings. The average molecular weight is 383 g/mol. The Balaban J connectivity index is 1.60. The summed E-state index contributed by atoms with van der Waals surface area (Å²) in [5.74, 6) is 0.891. The minimum atomic E-state index is -0.169. The number of rotatable bonds is 6. The number of hydrogen-bond donors (Lipinski definition) is 1. The van der Waals surface area contributed by atoms with Crippen molar-refractivity contribution in [2.75, 3.05) is 0 Å². The topological polar surface area (TPSA) is 73.2 Å². The number of amides is 1. The summed E-state index contributed by atoms with van der Waals surface area (Å²) < 4.78 is 7.67. The van der Waals surface area contributed by atoms with E-state index < -0.39 is 0 Å².